The Bertz CT molecular complexity index is 541. The smallest absolute Gasteiger partial charge is 0.309 e. The second kappa shape index (κ2) is 5.04. The third-order valence-electron chi connectivity index (χ3n) is 2.85. The van der Waals surface area contributed by atoms with Crippen molar-refractivity contribution >= 4 is 5.97 Å². The highest BCUT2D eigenvalue weighted by atomic mass is 16.4. The van der Waals surface area contributed by atoms with E-state index in [2.05, 4.69) is 36.2 Å². The van der Waals surface area contributed by atoms with Gasteiger partial charge in [-0.25, -0.2) is 0 Å². The number of nitrogens with zero attached hydrogens (tertiary/aromatic N) is 1. The van der Waals surface area contributed by atoms with Crippen molar-refractivity contribution in [2.24, 2.45) is 0 Å². The second-order valence-corrected chi connectivity index (χ2v) is 4.63. The van der Waals surface area contributed by atoms with Crippen molar-refractivity contribution in [3.63, 3.8) is 0 Å². The Morgan fingerprint density at radius 1 is 1.33 bits per heavy atom. The summed E-state index contributed by atoms with van der Waals surface area (Å²) in [6.07, 6.45) is -0.0307. The molecule has 4 nitrogen and oxygen atoms in total. The van der Waals surface area contributed by atoms with Gasteiger partial charge in [0.15, 0.2) is 0 Å². The fourth-order valence-corrected chi connectivity index (χ4v) is 1.80. The van der Waals surface area contributed by atoms with E-state index in [1.165, 1.54) is 5.56 Å². The molecule has 0 aliphatic carbocycles. The van der Waals surface area contributed by atoms with Crippen LogP contribution in [0, 0.1) is 0 Å². The number of aromatic nitrogens is 2. The van der Waals surface area contributed by atoms with E-state index in [-0.39, 0.29) is 6.42 Å². The quantitative estimate of drug-likeness (QED) is 0.869. The maximum Gasteiger partial charge on any atom is 0.309 e. The van der Waals surface area contributed by atoms with Crippen molar-refractivity contribution in [3.8, 4) is 11.3 Å². The number of nitrogens with one attached hydrogen (secondary N) is 1. The van der Waals surface area contributed by atoms with Gasteiger partial charge in [-0.2, -0.15) is 5.10 Å². The first-order valence-corrected chi connectivity index (χ1v) is 5.92. The molecular weight excluding hydrogens is 228 g/mol. The van der Waals surface area contributed by atoms with Gasteiger partial charge in [0, 0.05) is 11.3 Å². The molecule has 2 rings (SSSR count). The Morgan fingerprint density at radius 3 is 2.56 bits per heavy atom. The average Bonchev–Trinajstić information content (AvgIpc) is 2.76. The number of H-pyrrole nitrogens is 1. The molecule has 0 radical (unpaired) electrons. The summed E-state index contributed by atoms with van der Waals surface area (Å²) in [5, 5.41) is 15.6. The number of benzene rings is 1. The SMILES string of the molecule is CC(C)c1ccc(-c2cc(CC(=O)O)[nH]n2)cc1. The lowest BCUT2D eigenvalue weighted by Gasteiger charge is -2.05. The molecule has 2 aromatic rings. The Hall–Kier alpha value is -2.10. The Labute approximate surface area is 106 Å². The van der Waals surface area contributed by atoms with E-state index in [0.717, 1.165) is 11.3 Å². The summed E-state index contributed by atoms with van der Waals surface area (Å²) >= 11 is 0. The lowest BCUT2D eigenvalue weighted by atomic mass is 10.0. The second-order valence-electron chi connectivity index (χ2n) is 4.63. The van der Waals surface area contributed by atoms with E-state index in [1.807, 2.05) is 12.1 Å². The summed E-state index contributed by atoms with van der Waals surface area (Å²) in [5.74, 6) is -0.360. The zero-order valence-corrected chi connectivity index (χ0v) is 10.5. The molecule has 0 unspecified atom stereocenters. The topological polar surface area (TPSA) is 66.0 Å². The molecule has 1 aromatic heterocycles. The third kappa shape index (κ3) is 2.77. The summed E-state index contributed by atoms with van der Waals surface area (Å²) < 4.78 is 0. The zero-order valence-electron chi connectivity index (χ0n) is 10.5. The number of aliphatic carboxylic acids is 1. The molecule has 4 heteroatoms. The molecule has 1 heterocycles. The number of hydrogen-bond donors (Lipinski definition) is 2. The average molecular weight is 244 g/mol. The Morgan fingerprint density at radius 2 is 2.00 bits per heavy atom. The summed E-state index contributed by atoms with van der Waals surface area (Å²) in [5.41, 5.74) is 3.67. The molecule has 94 valence electrons. The Balaban J connectivity index is 2.20. The van der Waals surface area contributed by atoms with E-state index in [4.69, 9.17) is 5.11 Å². The minimum absolute atomic E-state index is 0.0307. The van der Waals surface area contributed by atoms with Crippen molar-refractivity contribution in [1.82, 2.24) is 10.2 Å². The van der Waals surface area contributed by atoms with Crippen LogP contribution in [-0.2, 0) is 11.2 Å². The highest BCUT2D eigenvalue weighted by Crippen LogP contribution is 2.21. The minimum atomic E-state index is -0.861. The molecular formula is C14H16N2O2. The molecule has 0 saturated carbocycles. The first-order valence-electron chi connectivity index (χ1n) is 5.92. The van der Waals surface area contributed by atoms with Crippen molar-refractivity contribution in [3.05, 3.63) is 41.6 Å². The van der Waals surface area contributed by atoms with E-state index < -0.39 is 5.97 Å². The van der Waals surface area contributed by atoms with Crippen molar-refractivity contribution in [2.45, 2.75) is 26.2 Å². The molecule has 0 fully saturated rings. The number of carboxylic acids is 1. The summed E-state index contributed by atoms with van der Waals surface area (Å²) in [4.78, 5) is 10.6. The monoisotopic (exact) mass is 244 g/mol. The van der Waals surface area contributed by atoms with Gasteiger partial charge in [-0.15, -0.1) is 0 Å². The van der Waals surface area contributed by atoms with Gasteiger partial charge in [-0.3, -0.25) is 9.89 Å². The van der Waals surface area contributed by atoms with Gasteiger partial charge in [0.1, 0.15) is 0 Å². The van der Waals surface area contributed by atoms with Gasteiger partial charge in [-0.05, 0) is 17.5 Å². The van der Waals surface area contributed by atoms with Gasteiger partial charge in [-0.1, -0.05) is 38.1 Å². The van der Waals surface area contributed by atoms with E-state index in [1.54, 1.807) is 6.07 Å². The van der Waals surface area contributed by atoms with Crippen LogP contribution in [0.1, 0.15) is 31.0 Å². The van der Waals surface area contributed by atoms with Crippen LogP contribution < -0.4 is 0 Å². The molecule has 0 bridgehead atoms. The van der Waals surface area contributed by atoms with E-state index >= 15 is 0 Å². The maximum absolute atomic E-state index is 10.6. The summed E-state index contributed by atoms with van der Waals surface area (Å²) in [6.45, 7) is 4.29. The molecule has 2 N–H and O–H groups in total. The molecule has 0 amide bonds. The summed E-state index contributed by atoms with van der Waals surface area (Å²) in [6, 6.07) is 9.95. The van der Waals surface area contributed by atoms with Gasteiger partial charge < -0.3 is 5.11 Å². The van der Waals surface area contributed by atoms with Gasteiger partial charge >= 0.3 is 5.97 Å². The maximum atomic E-state index is 10.6. The van der Waals surface area contributed by atoms with Crippen molar-refractivity contribution in [1.29, 1.82) is 0 Å². The molecule has 0 aliphatic heterocycles. The fraction of sp³-hybridized carbons (Fsp3) is 0.286. The van der Waals surface area contributed by atoms with Crippen molar-refractivity contribution in [2.75, 3.05) is 0 Å². The standard InChI is InChI=1S/C14H16N2O2/c1-9(2)10-3-5-11(6-4-10)13-7-12(15-16-13)8-14(17)18/h3-7,9H,8H2,1-2H3,(H,15,16)(H,17,18). The fourth-order valence-electron chi connectivity index (χ4n) is 1.80. The number of rotatable bonds is 4. The number of carboxylic acid groups (broad SMARTS) is 1. The number of aromatic amines is 1. The minimum Gasteiger partial charge on any atom is -0.481 e. The van der Waals surface area contributed by atoms with Gasteiger partial charge in [0.25, 0.3) is 0 Å². The molecule has 0 saturated heterocycles. The zero-order chi connectivity index (χ0) is 13.1. The lowest BCUT2D eigenvalue weighted by molar-refractivity contribution is -0.136. The first kappa shape index (κ1) is 12.4. The highest BCUT2D eigenvalue weighted by molar-refractivity contribution is 5.70. The predicted octanol–water partition coefficient (Wildman–Crippen LogP) is 2.83. The van der Waals surface area contributed by atoms with Crippen LogP contribution in [0.15, 0.2) is 30.3 Å². The predicted molar refractivity (Wildman–Crippen MR) is 69.5 cm³/mol. The molecule has 1 aromatic carbocycles. The van der Waals surface area contributed by atoms with Crippen LogP contribution in [-0.4, -0.2) is 21.3 Å². The summed E-state index contributed by atoms with van der Waals surface area (Å²) in [7, 11) is 0. The largest absolute Gasteiger partial charge is 0.481 e. The third-order valence-corrected chi connectivity index (χ3v) is 2.85. The van der Waals surface area contributed by atoms with E-state index in [9.17, 15) is 4.79 Å². The van der Waals surface area contributed by atoms with Crippen LogP contribution >= 0.6 is 0 Å². The normalized spacial score (nSPS) is 10.8. The van der Waals surface area contributed by atoms with Gasteiger partial charge in [0.2, 0.25) is 0 Å². The van der Waals surface area contributed by atoms with Crippen LogP contribution in [0.5, 0.6) is 0 Å². The van der Waals surface area contributed by atoms with Gasteiger partial charge in [0.05, 0.1) is 12.1 Å². The Kier molecular flexibility index (Phi) is 3.46. The number of hydrogen-bond acceptors (Lipinski definition) is 2. The molecule has 0 atom stereocenters. The van der Waals surface area contributed by atoms with Crippen molar-refractivity contribution < 1.29 is 9.90 Å². The molecule has 0 spiro atoms. The van der Waals surface area contributed by atoms with E-state index in [0.29, 0.717) is 11.6 Å². The first-order chi connectivity index (χ1) is 8.56. The van der Waals surface area contributed by atoms with Crippen LogP contribution in [0.3, 0.4) is 0 Å². The van der Waals surface area contributed by atoms with Crippen LogP contribution in [0.4, 0.5) is 0 Å². The van der Waals surface area contributed by atoms with Crippen LogP contribution in [0.25, 0.3) is 11.3 Å². The van der Waals surface area contributed by atoms with Crippen LogP contribution in [0.2, 0.25) is 0 Å². The number of carbonyl (C=O) groups is 1. The lowest BCUT2D eigenvalue weighted by Crippen LogP contribution is -1.99. The highest BCUT2D eigenvalue weighted by Gasteiger charge is 2.07. The molecule has 18 heavy (non-hydrogen) atoms. The molecule has 0 aliphatic rings.